The highest BCUT2D eigenvalue weighted by atomic mass is 35.5. The fraction of sp³-hybridized carbons (Fsp3) is 0.538. The number of nitrogens with zero attached hydrogens (tertiary/aromatic N) is 1. The molecule has 5 nitrogen and oxygen atoms in total. The van der Waals surface area contributed by atoms with Crippen molar-refractivity contribution in [2.75, 3.05) is 26.2 Å². The Labute approximate surface area is 135 Å². The zero-order valence-corrected chi connectivity index (χ0v) is 13.8. The van der Waals surface area contributed by atoms with Crippen molar-refractivity contribution in [3.05, 3.63) is 28.2 Å². The lowest BCUT2D eigenvalue weighted by Crippen LogP contribution is -2.44. The predicted octanol–water partition coefficient (Wildman–Crippen LogP) is 2.69. The zero-order valence-electron chi connectivity index (χ0n) is 11.5. The number of piperidine rings is 1. The van der Waals surface area contributed by atoms with Crippen molar-refractivity contribution in [3.63, 3.8) is 0 Å². The second-order valence-electron chi connectivity index (χ2n) is 4.76. The molecular weight excluding hydrogens is 335 g/mol. The molecule has 0 spiro atoms. The van der Waals surface area contributed by atoms with Crippen LogP contribution in [0.5, 0.6) is 5.75 Å². The lowest BCUT2D eigenvalue weighted by Gasteiger charge is -2.25. The molecular formula is C13H18Cl2N2O3S. The monoisotopic (exact) mass is 352 g/mol. The fourth-order valence-electron chi connectivity index (χ4n) is 2.12. The standard InChI is InChI=1S/C13H18Cl2N2O3S/c14-11-5-4-6-12(13(11)15)20-10-7-16-21(18,19)17-8-2-1-3-9-17/h4-6,16H,1-3,7-10H2. The minimum Gasteiger partial charge on any atom is -0.491 e. The van der Waals surface area contributed by atoms with Gasteiger partial charge in [0.2, 0.25) is 0 Å². The molecule has 0 aliphatic carbocycles. The third-order valence-corrected chi connectivity index (χ3v) is 5.63. The van der Waals surface area contributed by atoms with E-state index in [2.05, 4.69) is 4.72 Å². The third-order valence-electron chi connectivity index (χ3n) is 3.22. The summed E-state index contributed by atoms with van der Waals surface area (Å²) in [5, 5.41) is 0.737. The lowest BCUT2D eigenvalue weighted by molar-refractivity contribution is 0.313. The van der Waals surface area contributed by atoms with E-state index in [0.29, 0.717) is 28.9 Å². The molecule has 1 N–H and O–H groups in total. The van der Waals surface area contributed by atoms with Crippen LogP contribution in [0, 0.1) is 0 Å². The van der Waals surface area contributed by atoms with E-state index in [0.717, 1.165) is 19.3 Å². The molecule has 0 radical (unpaired) electrons. The van der Waals surface area contributed by atoms with Crippen molar-refractivity contribution in [1.82, 2.24) is 9.03 Å². The first kappa shape index (κ1) is 16.8. The van der Waals surface area contributed by atoms with Gasteiger partial charge in [-0.05, 0) is 25.0 Å². The van der Waals surface area contributed by atoms with Gasteiger partial charge >= 0.3 is 0 Å². The smallest absolute Gasteiger partial charge is 0.279 e. The van der Waals surface area contributed by atoms with Crippen LogP contribution in [-0.2, 0) is 10.2 Å². The average Bonchev–Trinajstić information content (AvgIpc) is 2.48. The normalized spacial score (nSPS) is 16.9. The SMILES string of the molecule is O=S(=O)(NCCOc1cccc(Cl)c1Cl)N1CCCCC1. The summed E-state index contributed by atoms with van der Waals surface area (Å²) in [6.07, 6.45) is 2.91. The summed E-state index contributed by atoms with van der Waals surface area (Å²) in [7, 11) is -3.41. The molecule has 118 valence electrons. The average molecular weight is 353 g/mol. The molecule has 1 fully saturated rings. The van der Waals surface area contributed by atoms with Gasteiger partial charge in [-0.2, -0.15) is 17.4 Å². The summed E-state index contributed by atoms with van der Waals surface area (Å²) < 4.78 is 33.5. The van der Waals surface area contributed by atoms with Gasteiger partial charge in [-0.25, -0.2) is 0 Å². The van der Waals surface area contributed by atoms with E-state index in [1.54, 1.807) is 18.2 Å². The minimum absolute atomic E-state index is 0.182. The molecule has 0 bridgehead atoms. The molecule has 2 rings (SSSR count). The Morgan fingerprint density at radius 1 is 1.19 bits per heavy atom. The molecule has 0 amide bonds. The first-order chi connectivity index (χ1) is 10.0. The fourth-order valence-corrected chi connectivity index (χ4v) is 3.73. The zero-order chi connectivity index (χ0) is 15.3. The number of ether oxygens (including phenoxy) is 1. The van der Waals surface area contributed by atoms with Crippen LogP contribution < -0.4 is 9.46 Å². The van der Waals surface area contributed by atoms with E-state index >= 15 is 0 Å². The van der Waals surface area contributed by atoms with Crippen LogP contribution in [0.1, 0.15) is 19.3 Å². The highest BCUT2D eigenvalue weighted by molar-refractivity contribution is 7.87. The van der Waals surface area contributed by atoms with Gasteiger partial charge in [-0.3, -0.25) is 0 Å². The van der Waals surface area contributed by atoms with Crippen molar-refractivity contribution in [2.24, 2.45) is 0 Å². The van der Waals surface area contributed by atoms with Gasteiger partial charge in [0.05, 0.1) is 5.02 Å². The molecule has 1 heterocycles. The Bertz CT molecular complexity index is 575. The van der Waals surface area contributed by atoms with Crippen molar-refractivity contribution in [1.29, 1.82) is 0 Å². The van der Waals surface area contributed by atoms with Gasteiger partial charge in [-0.1, -0.05) is 35.7 Å². The van der Waals surface area contributed by atoms with Gasteiger partial charge in [-0.15, -0.1) is 0 Å². The van der Waals surface area contributed by atoms with Crippen LogP contribution in [0.3, 0.4) is 0 Å². The van der Waals surface area contributed by atoms with Gasteiger partial charge in [0, 0.05) is 19.6 Å². The Balaban J connectivity index is 1.80. The molecule has 0 unspecified atom stereocenters. The number of benzene rings is 1. The molecule has 0 saturated carbocycles. The van der Waals surface area contributed by atoms with Crippen LogP contribution >= 0.6 is 23.2 Å². The molecule has 1 aromatic rings. The minimum atomic E-state index is -3.41. The Hall–Kier alpha value is -0.530. The van der Waals surface area contributed by atoms with E-state index in [9.17, 15) is 8.42 Å². The summed E-state index contributed by atoms with van der Waals surface area (Å²) in [5.41, 5.74) is 0. The quantitative estimate of drug-likeness (QED) is 0.800. The van der Waals surface area contributed by atoms with E-state index in [1.807, 2.05) is 0 Å². The molecule has 8 heteroatoms. The van der Waals surface area contributed by atoms with Gasteiger partial charge in [0.1, 0.15) is 17.4 Å². The molecule has 1 saturated heterocycles. The van der Waals surface area contributed by atoms with Crippen LogP contribution in [0.25, 0.3) is 0 Å². The van der Waals surface area contributed by atoms with Crippen molar-refractivity contribution in [2.45, 2.75) is 19.3 Å². The molecule has 1 aromatic carbocycles. The highest BCUT2D eigenvalue weighted by Gasteiger charge is 2.22. The maximum atomic E-state index is 12.0. The molecule has 0 aromatic heterocycles. The topological polar surface area (TPSA) is 58.6 Å². The van der Waals surface area contributed by atoms with Crippen molar-refractivity contribution < 1.29 is 13.2 Å². The molecule has 1 aliphatic rings. The van der Waals surface area contributed by atoms with Crippen LogP contribution in [-0.4, -0.2) is 39.0 Å². The van der Waals surface area contributed by atoms with Gasteiger partial charge in [0.25, 0.3) is 10.2 Å². The largest absolute Gasteiger partial charge is 0.491 e. The maximum absolute atomic E-state index is 12.0. The van der Waals surface area contributed by atoms with E-state index in [-0.39, 0.29) is 13.2 Å². The van der Waals surface area contributed by atoms with Crippen molar-refractivity contribution >= 4 is 33.4 Å². The highest BCUT2D eigenvalue weighted by Crippen LogP contribution is 2.31. The second-order valence-corrected chi connectivity index (χ2v) is 7.30. The first-order valence-electron chi connectivity index (χ1n) is 6.82. The predicted molar refractivity (Wildman–Crippen MR) is 84.3 cm³/mol. The number of halogens is 2. The third kappa shape index (κ3) is 4.72. The summed E-state index contributed by atoms with van der Waals surface area (Å²) in [4.78, 5) is 0. The number of nitrogens with one attached hydrogen (secondary N) is 1. The van der Waals surface area contributed by atoms with E-state index in [4.69, 9.17) is 27.9 Å². The Morgan fingerprint density at radius 3 is 2.62 bits per heavy atom. The number of hydrogen-bond donors (Lipinski definition) is 1. The van der Waals surface area contributed by atoms with Crippen LogP contribution in [0.2, 0.25) is 10.0 Å². The van der Waals surface area contributed by atoms with Crippen LogP contribution in [0.15, 0.2) is 18.2 Å². The van der Waals surface area contributed by atoms with Crippen LogP contribution in [0.4, 0.5) is 0 Å². The van der Waals surface area contributed by atoms with E-state index < -0.39 is 10.2 Å². The maximum Gasteiger partial charge on any atom is 0.279 e. The Morgan fingerprint density at radius 2 is 1.90 bits per heavy atom. The number of rotatable bonds is 6. The Kier molecular flexibility index (Phi) is 6.13. The first-order valence-corrected chi connectivity index (χ1v) is 9.02. The number of hydrogen-bond acceptors (Lipinski definition) is 3. The molecule has 21 heavy (non-hydrogen) atoms. The van der Waals surface area contributed by atoms with Gasteiger partial charge in [0.15, 0.2) is 0 Å². The summed E-state index contributed by atoms with van der Waals surface area (Å²) in [6.45, 7) is 1.53. The summed E-state index contributed by atoms with van der Waals surface area (Å²) in [6, 6.07) is 5.07. The lowest BCUT2D eigenvalue weighted by atomic mass is 10.2. The molecule has 0 atom stereocenters. The van der Waals surface area contributed by atoms with Gasteiger partial charge < -0.3 is 4.74 Å². The van der Waals surface area contributed by atoms with Crippen molar-refractivity contribution in [3.8, 4) is 5.75 Å². The molecule has 1 aliphatic heterocycles. The summed E-state index contributed by atoms with van der Waals surface area (Å²) >= 11 is 11.9. The van der Waals surface area contributed by atoms with E-state index in [1.165, 1.54) is 4.31 Å². The second kappa shape index (κ2) is 7.65. The summed E-state index contributed by atoms with van der Waals surface area (Å²) in [5.74, 6) is 0.446.